The number of amides is 1. The minimum atomic E-state index is -3.79. The maximum absolute atomic E-state index is 13.2. The average molecular weight is 453 g/mol. The summed E-state index contributed by atoms with van der Waals surface area (Å²) in [6.07, 6.45) is -1.47. The fraction of sp³-hybridized carbons (Fsp3) is 0.240. The van der Waals surface area contributed by atoms with Gasteiger partial charge in [0.15, 0.2) is 0 Å². The Morgan fingerprint density at radius 3 is 1.97 bits per heavy atom. The van der Waals surface area contributed by atoms with Gasteiger partial charge in [-0.2, -0.15) is 4.31 Å². The number of nitrogens with zero attached hydrogens (tertiary/aromatic N) is 1. The van der Waals surface area contributed by atoms with E-state index in [0.717, 1.165) is 11.1 Å². The van der Waals surface area contributed by atoms with Crippen LogP contribution < -0.4 is 5.32 Å². The third kappa shape index (κ3) is 5.55. The second-order valence-corrected chi connectivity index (χ2v) is 9.80. The molecule has 0 radical (unpaired) electrons. The molecule has 7 heteroatoms. The lowest BCUT2D eigenvalue weighted by molar-refractivity contribution is 0.0724. The molecule has 3 aromatic rings. The maximum Gasteiger partial charge on any atom is 0.412 e. The molecule has 0 aliphatic heterocycles. The Labute approximate surface area is 189 Å². The van der Waals surface area contributed by atoms with Gasteiger partial charge in [0, 0.05) is 12.7 Å². The number of anilines is 1. The van der Waals surface area contributed by atoms with Crippen LogP contribution in [0.5, 0.6) is 0 Å². The van der Waals surface area contributed by atoms with Crippen molar-refractivity contribution in [1.82, 2.24) is 4.31 Å². The van der Waals surface area contributed by atoms with Gasteiger partial charge in [0.1, 0.15) is 6.10 Å². The lowest BCUT2D eigenvalue weighted by Crippen LogP contribution is -2.40. The zero-order valence-electron chi connectivity index (χ0n) is 18.6. The standard InChI is InChI=1S/C25H28N2O4S/c1-18-10-14-22(15-11-18)26-25(28)31-24(21-8-6-5-7-9-21)20(3)27(4)32(29,30)23-16-12-19(2)13-17-23/h5-17,20,24H,1-4H3,(H,26,28)/t20-,24-/m1/s1. The number of carbonyl (C=O) groups is 1. The summed E-state index contributed by atoms with van der Waals surface area (Å²) >= 11 is 0. The Balaban J connectivity index is 1.85. The van der Waals surface area contributed by atoms with E-state index in [-0.39, 0.29) is 4.90 Å². The first-order valence-corrected chi connectivity index (χ1v) is 11.8. The topological polar surface area (TPSA) is 75.7 Å². The highest BCUT2D eigenvalue weighted by Crippen LogP contribution is 2.29. The van der Waals surface area contributed by atoms with Crippen molar-refractivity contribution < 1.29 is 17.9 Å². The molecule has 168 valence electrons. The molecule has 1 amide bonds. The fourth-order valence-corrected chi connectivity index (χ4v) is 4.63. The van der Waals surface area contributed by atoms with Crippen LogP contribution >= 0.6 is 0 Å². The number of ether oxygens (including phenoxy) is 1. The molecule has 0 spiro atoms. The number of carbonyl (C=O) groups excluding carboxylic acids is 1. The SMILES string of the molecule is Cc1ccc(NC(=O)O[C@@H](c2ccccc2)[C@@H](C)N(C)S(=O)(=O)c2ccc(C)cc2)cc1. The predicted octanol–water partition coefficient (Wildman–Crippen LogP) is 5.30. The molecular formula is C25H28N2O4S. The highest BCUT2D eigenvalue weighted by Gasteiger charge is 2.33. The van der Waals surface area contributed by atoms with Crippen LogP contribution in [0.2, 0.25) is 0 Å². The molecule has 0 bridgehead atoms. The monoisotopic (exact) mass is 452 g/mol. The van der Waals surface area contributed by atoms with Gasteiger partial charge in [0.2, 0.25) is 10.0 Å². The summed E-state index contributed by atoms with van der Waals surface area (Å²) in [5.74, 6) is 0. The number of hydrogen-bond acceptors (Lipinski definition) is 4. The molecule has 0 fully saturated rings. The molecule has 2 atom stereocenters. The van der Waals surface area contributed by atoms with Crippen LogP contribution in [0.1, 0.15) is 29.7 Å². The van der Waals surface area contributed by atoms with Gasteiger partial charge in [-0.3, -0.25) is 5.32 Å². The van der Waals surface area contributed by atoms with Gasteiger partial charge >= 0.3 is 6.09 Å². The fourth-order valence-electron chi connectivity index (χ4n) is 3.27. The van der Waals surface area contributed by atoms with Crippen molar-refractivity contribution in [3.63, 3.8) is 0 Å². The molecule has 0 heterocycles. The quantitative estimate of drug-likeness (QED) is 0.528. The number of rotatable bonds is 7. The molecule has 32 heavy (non-hydrogen) atoms. The van der Waals surface area contributed by atoms with E-state index in [1.165, 1.54) is 11.4 Å². The van der Waals surface area contributed by atoms with Crippen molar-refractivity contribution in [3.05, 3.63) is 95.6 Å². The second-order valence-electron chi connectivity index (χ2n) is 7.80. The summed E-state index contributed by atoms with van der Waals surface area (Å²) in [5, 5.41) is 2.71. The van der Waals surface area contributed by atoms with E-state index in [0.29, 0.717) is 11.3 Å². The lowest BCUT2D eigenvalue weighted by Gasteiger charge is -2.31. The van der Waals surface area contributed by atoms with Gasteiger partial charge in [0.25, 0.3) is 0 Å². The average Bonchev–Trinajstić information content (AvgIpc) is 2.79. The zero-order chi connectivity index (χ0) is 23.3. The zero-order valence-corrected chi connectivity index (χ0v) is 19.5. The van der Waals surface area contributed by atoms with Crippen molar-refractivity contribution in [2.75, 3.05) is 12.4 Å². The van der Waals surface area contributed by atoms with Crippen LogP contribution in [0.3, 0.4) is 0 Å². The van der Waals surface area contributed by atoms with Crippen LogP contribution in [-0.4, -0.2) is 31.9 Å². The Hall–Kier alpha value is -3.16. The Morgan fingerprint density at radius 1 is 0.875 bits per heavy atom. The van der Waals surface area contributed by atoms with Crippen LogP contribution in [0.25, 0.3) is 0 Å². The smallest absolute Gasteiger partial charge is 0.412 e. The van der Waals surface area contributed by atoms with Gasteiger partial charge < -0.3 is 4.74 Å². The summed E-state index contributed by atoms with van der Waals surface area (Å²) in [6, 6.07) is 22.5. The summed E-state index contributed by atoms with van der Waals surface area (Å²) in [7, 11) is -2.29. The van der Waals surface area contributed by atoms with E-state index in [1.54, 1.807) is 43.3 Å². The molecule has 3 aromatic carbocycles. The van der Waals surface area contributed by atoms with Crippen molar-refractivity contribution in [3.8, 4) is 0 Å². The third-order valence-corrected chi connectivity index (χ3v) is 7.33. The van der Waals surface area contributed by atoms with E-state index >= 15 is 0 Å². The van der Waals surface area contributed by atoms with E-state index < -0.39 is 28.3 Å². The first-order chi connectivity index (χ1) is 15.2. The number of hydrogen-bond donors (Lipinski definition) is 1. The van der Waals surface area contributed by atoms with E-state index in [4.69, 9.17) is 4.74 Å². The summed E-state index contributed by atoms with van der Waals surface area (Å²) < 4.78 is 33.4. The second kappa shape index (κ2) is 9.97. The molecule has 3 rings (SSSR count). The summed E-state index contributed by atoms with van der Waals surface area (Å²) in [5.41, 5.74) is 3.34. The molecule has 0 unspecified atom stereocenters. The molecule has 0 aliphatic carbocycles. The number of benzene rings is 3. The van der Waals surface area contributed by atoms with Crippen LogP contribution in [-0.2, 0) is 14.8 Å². The molecule has 1 N–H and O–H groups in total. The molecular weight excluding hydrogens is 424 g/mol. The third-order valence-electron chi connectivity index (χ3n) is 5.37. The van der Waals surface area contributed by atoms with Gasteiger partial charge in [0.05, 0.1) is 10.9 Å². The first-order valence-electron chi connectivity index (χ1n) is 10.3. The molecule has 6 nitrogen and oxygen atoms in total. The van der Waals surface area contributed by atoms with E-state index in [9.17, 15) is 13.2 Å². The highest BCUT2D eigenvalue weighted by molar-refractivity contribution is 7.89. The van der Waals surface area contributed by atoms with Crippen molar-refractivity contribution in [1.29, 1.82) is 0 Å². The molecule has 0 saturated heterocycles. The van der Waals surface area contributed by atoms with Crippen LogP contribution in [0.15, 0.2) is 83.8 Å². The predicted molar refractivity (Wildman–Crippen MR) is 126 cm³/mol. The summed E-state index contributed by atoms with van der Waals surface area (Å²) in [4.78, 5) is 12.9. The Kier molecular flexibility index (Phi) is 7.33. The number of nitrogens with one attached hydrogen (secondary N) is 1. The van der Waals surface area contributed by atoms with E-state index in [2.05, 4.69) is 5.32 Å². The minimum absolute atomic E-state index is 0.188. The molecule has 0 aliphatic rings. The first kappa shape index (κ1) is 23.5. The normalized spacial score (nSPS) is 13.4. The largest absolute Gasteiger partial charge is 0.439 e. The number of aryl methyl sites for hydroxylation is 2. The number of likely N-dealkylation sites (N-methyl/N-ethyl adjacent to an activating group) is 1. The summed E-state index contributed by atoms with van der Waals surface area (Å²) in [6.45, 7) is 5.58. The van der Waals surface area contributed by atoms with Gasteiger partial charge in [-0.1, -0.05) is 65.7 Å². The molecule has 0 saturated carbocycles. The van der Waals surface area contributed by atoms with Crippen molar-refractivity contribution in [2.45, 2.75) is 37.8 Å². The lowest BCUT2D eigenvalue weighted by atomic mass is 10.0. The van der Waals surface area contributed by atoms with Gasteiger partial charge in [-0.05, 0) is 50.6 Å². The maximum atomic E-state index is 13.2. The minimum Gasteiger partial charge on any atom is -0.439 e. The number of sulfonamides is 1. The van der Waals surface area contributed by atoms with Crippen molar-refractivity contribution in [2.24, 2.45) is 0 Å². The van der Waals surface area contributed by atoms with Crippen LogP contribution in [0.4, 0.5) is 10.5 Å². The van der Waals surface area contributed by atoms with Crippen molar-refractivity contribution >= 4 is 21.8 Å². The van der Waals surface area contributed by atoms with Gasteiger partial charge in [-0.15, -0.1) is 0 Å². The Morgan fingerprint density at radius 2 is 1.41 bits per heavy atom. The molecule has 0 aromatic heterocycles. The highest BCUT2D eigenvalue weighted by atomic mass is 32.2. The van der Waals surface area contributed by atoms with Gasteiger partial charge in [-0.25, -0.2) is 13.2 Å². The Bertz CT molecular complexity index is 1140. The van der Waals surface area contributed by atoms with Crippen LogP contribution in [0, 0.1) is 13.8 Å². The van der Waals surface area contributed by atoms with E-state index in [1.807, 2.05) is 56.3 Å².